The Morgan fingerprint density at radius 2 is 1.90 bits per heavy atom. The SMILES string of the molecule is Cc1cc(C)cc(Nc2nccc(-c3ncc(NCCN4CCNCC4)s3)n2)c1. The quantitative estimate of drug-likeness (QED) is 0.553. The van der Waals surface area contributed by atoms with E-state index in [4.69, 9.17) is 0 Å². The van der Waals surface area contributed by atoms with Gasteiger partial charge in [0.2, 0.25) is 5.95 Å². The van der Waals surface area contributed by atoms with E-state index in [1.807, 2.05) is 12.3 Å². The maximum Gasteiger partial charge on any atom is 0.227 e. The van der Waals surface area contributed by atoms with Crippen LogP contribution >= 0.6 is 11.3 Å². The number of aryl methyl sites for hydroxylation is 2. The van der Waals surface area contributed by atoms with E-state index in [0.29, 0.717) is 5.95 Å². The summed E-state index contributed by atoms with van der Waals surface area (Å²) in [6.07, 6.45) is 3.66. The van der Waals surface area contributed by atoms with Crippen molar-refractivity contribution >= 4 is 28.0 Å². The first-order chi connectivity index (χ1) is 14.2. The standard InChI is InChI=1S/C21H27N7S/c1-15-11-16(2)13-17(12-15)26-21-24-4-3-18(27-21)20-25-14-19(29-20)23-7-10-28-8-5-22-6-9-28/h3-4,11-14,22-23H,5-10H2,1-2H3,(H,24,26,27). The van der Waals surface area contributed by atoms with E-state index in [2.05, 4.69) is 67.8 Å². The lowest BCUT2D eigenvalue weighted by atomic mass is 10.1. The molecule has 0 bridgehead atoms. The minimum Gasteiger partial charge on any atom is -0.374 e. The highest BCUT2D eigenvalue weighted by Gasteiger charge is 2.10. The average molecular weight is 410 g/mol. The van der Waals surface area contributed by atoms with Gasteiger partial charge in [0, 0.05) is 51.2 Å². The van der Waals surface area contributed by atoms with Crippen LogP contribution in [0.5, 0.6) is 0 Å². The lowest BCUT2D eigenvalue weighted by Gasteiger charge is -2.27. The Labute approximate surface area is 175 Å². The van der Waals surface area contributed by atoms with Gasteiger partial charge in [-0.05, 0) is 43.2 Å². The number of benzene rings is 1. The van der Waals surface area contributed by atoms with Crippen LogP contribution in [0.2, 0.25) is 0 Å². The van der Waals surface area contributed by atoms with E-state index in [1.54, 1.807) is 17.5 Å². The molecule has 4 rings (SSSR count). The Kier molecular flexibility index (Phi) is 6.33. The number of nitrogens with zero attached hydrogens (tertiary/aromatic N) is 4. The van der Waals surface area contributed by atoms with Crippen molar-refractivity contribution in [3.05, 3.63) is 47.8 Å². The van der Waals surface area contributed by atoms with Gasteiger partial charge in [-0.3, -0.25) is 4.90 Å². The van der Waals surface area contributed by atoms with Gasteiger partial charge < -0.3 is 16.0 Å². The minimum absolute atomic E-state index is 0.580. The van der Waals surface area contributed by atoms with Crippen LogP contribution in [-0.4, -0.2) is 59.1 Å². The van der Waals surface area contributed by atoms with E-state index >= 15 is 0 Å². The Bertz CT molecular complexity index is 929. The fraction of sp³-hybridized carbons (Fsp3) is 0.381. The van der Waals surface area contributed by atoms with Crippen LogP contribution in [-0.2, 0) is 0 Å². The highest BCUT2D eigenvalue weighted by molar-refractivity contribution is 7.18. The number of aromatic nitrogens is 3. The van der Waals surface area contributed by atoms with E-state index in [1.165, 1.54) is 11.1 Å². The molecular formula is C21H27N7S. The molecule has 29 heavy (non-hydrogen) atoms. The molecule has 0 atom stereocenters. The maximum atomic E-state index is 4.65. The van der Waals surface area contributed by atoms with Crippen LogP contribution in [0.3, 0.4) is 0 Å². The van der Waals surface area contributed by atoms with Crippen molar-refractivity contribution in [2.75, 3.05) is 49.9 Å². The highest BCUT2D eigenvalue weighted by atomic mass is 32.1. The Balaban J connectivity index is 1.38. The van der Waals surface area contributed by atoms with Gasteiger partial charge in [-0.1, -0.05) is 17.4 Å². The number of piperazine rings is 1. The minimum atomic E-state index is 0.580. The van der Waals surface area contributed by atoms with Crippen LogP contribution in [0.4, 0.5) is 16.6 Å². The summed E-state index contributed by atoms with van der Waals surface area (Å²) in [5.41, 5.74) is 4.24. The van der Waals surface area contributed by atoms with Gasteiger partial charge in [0.1, 0.15) is 15.7 Å². The molecule has 1 aromatic carbocycles. The molecule has 3 heterocycles. The Morgan fingerprint density at radius 3 is 2.69 bits per heavy atom. The lowest BCUT2D eigenvalue weighted by Crippen LogP contribution is -2.45. The Morgan fingerprint density at radius 1 is 1.10 bits per heavy atom. The molecule has 0 spiro atoms. The second kappa shape index (κ2) is 9.30. The van der Waals surface area contributed by atoms with Gasteiger partial charge in [-0.25, -0.2) is 15.0 Å². The zero-order chi connectivity index (χ0) is 20.1. The monoisotopic (exact) mass is 409 g/mol. The molecule has 0 unspecified atom stereocenters. The molecule has 3 N–H and O–H groups in total. The molecule has 0 aliphatic carbocycles. The second-order valence-corrected chi connectivity index (χ2v) is 8.35. The molecule has 1 fully saturated rings. The van der Waals surface area contributed by atoms with Crippen LogP contribution in [0.15, 0.2) is 36.7 Å². The highest BCUT2D eigenvalue weighted by Crippen LogP contribution is 2.28. The lowest BCUT2D eigenvalue weighted by molar-refractivity contribution is 0.249. The average Bonchev–Trinajstić information content (AvgIpc) is 3.17. The largest absolute Gasteiger partial charge is 0.374 e. The zero-order valence-electron chi connectivity index (χ0n) is 16.9. The smallest absolute Gasteiger partial charge is 0.227 e. The normalized spacial score (nSPS) is 14.7. The molecule has 0 saturated carbocycles. The van der Waals surface area contributed by atoms with Crippen molar-refractivity contribution in [2.24, 2.45) is 0 Å². The van der Waals surface area contributed by atoms with E-state index < -0.39 is 0 Å². The van der Waals surface area contributed by atoms with Gasteiger partial charge in [-0.2, -0.15) is 0 Å². The predicted molar refractivity (Wildman–Crippen MR) is 120 cm³/mol. The summed E-state index contributed by atoms with van der Waals surface area (Å²) in [6, 6.07) is 8.23. The van der Waals surface area contributed by atoms with E-state index in [0.717, 1.165) is 60.7 Å². The van der Waals surface area contributed by atoms with E-state index in [-0.39, 0.29) is 0 Å². The number of anilines is 3. The topological polar surface area (TPSA) is 78.0 Å². The summed E-state index contributed by atoms with van der Waals surface area (Å²) in [7, 11) is 0. The van der Waals surface area contributed by atoms with Gasteiger partial charge in [0.25, 0.3) is 0 Å². The van der Waals surface area contributed by atoms with Crippen molar-refractivity contribution in [3.8, 4) is 10.7 Å². The number of hydrogen-bond donors (Lipinski definition) is 3. The van der Waals surface area contributed by atoms with Crippen molar-refractivity contribution in [3.63, 3.8) is 0 Å². The molecular weight excluding hydrogens is 382 g/mol. The number of thiazole rings is 1. The summed E-state index contributed by atoms with van der Waals surface area (Å²) < 4.78 is 0. The fourth-order valence-corrected chi connectivity index (χ4v) is 4.27. The van der Waals surface area contributed by atoms with Crippen LogP contribution < -0.4 is 16.0 Å². The molecule has 0 radical (unpaired) electrons. The Hall–Kier alpha value is -2.55. The van der Waals surface area contributed by atoms with Crippen molar-refractivity contribution < 1.29 is 0 Å². The third kappa shape index (κ3) is 5.50. The summed E-state index contributed by atoms with van der Waals surface area (Å²) in [5.74, 6) is 0.580. The molecule has 1 saturated heterocycles. The molecule has 0 amide bonds. The van der Waals surface area contributed by atoms with Crippen molar-refractivity contribution in [2.45, 2.75) is 13.8 Å². The van der Waals surface area contributed by atoms with Gasteiger partial charge >= 0.3 is 0 Å². The molecule has 2 aromatic heterocycles. The number of rotatable bonds is 7. The van der Waals surface area contributed by atoms with Crippen LogP contribution in [0.1, 0.15) is 11.1 Å². The summed E-state index contributed by atoms with van der Waals surface area (Å²) in [4.78, 5) is 16.0. The first-order valence-electron chi connectivity index (χ1n) is 9.97. The van der Waals surface area contributed by atoms with Crippen molar-refractivity contribution in [1.29, 1.82) is 0 Å². The number of nitrogens with one attached hydrogen (secondary N) is 3. The summed E-state index contributed by atoms with van der Waals surface area (Å²) in [5, 5.41) is 12.1. The van der Waals surface area contributed by atoms with Gasteiger partial charge in [0.05, 0.1) is 6.20 Å². The zero-order valence-corrected chi connectivity index (χ0v) is 17.7. The third-order valence-electron chi connectivity index (χ3n) is 4.80. The molecule has 1 aliphatic rings. The number of hydrogen-bond acceptors (Lipinski definition) is 8. The molecule has 3 aromatic rings. The molecule has 152 valence electrons. The van der Waals surface area contributed by atoms with Crippen LogP contribution in [0, 0.1) is 13.8 Å². The predicted octanol–water partition coefficient (Wildman–Crippen LogP) is 3.28. The second-order valence-electron chi connectivity index (χ2n) is 7.31. The maximum absolute atomic E-state index is 4.65. The first kappa shape index (κ1) is 19.8. The van der Waals surface area contributed by atoms with Crippen LogP contribution in [0.25, 0.3) is 10.7 Å². The fourth-order valence-electron chi connectivity index (χ4n) is 3.46. The van der Waals surface area contributed by atoms with Gasteiger partial charge in [0.15, 0.2) is 0 Å². The first-order valence-corrected chi connectivity index (χ1v) is 10.8. The molecule has 7 nitrogen and oxygen atoms in total. The van der Waals surface area contributed by atoms with Gasteiger partial charge in [-0.15, -0.1) is 0 Å². The van der Waals surface area contributed by atoms with Crippen molar-refractivity contribution in [1.82, 2.24) is 25.2 Å². The molecule has 8 heteroatoms. The van der Waals surface area contributed by atoms with E-state index in [9.17, 15) is 0 Å². The molecule has 1 aliphatic heterocycles. The summed E-state index contributed by atoms with van der Waals surface area (Å²) in [6.45, 7) is 10.5. The third-order valence-corrected chi connectivity index (χ3v) is 5.77. The summed E-state index contributed by atoms with van der Waals surface area (Å²) >= 11 is 1.62.